The van der Waals surface area contributed by atoms with Crippen LogP contribution in [0.3, 0.4) is 0 Å². The first-order chi connectivity index (χ1) is 10.2. The monoisotopic (exact) mass is 309 g/mol. The summed E-state index contributed by atoms with van der Waals surface area (Å²) >= 11 is 2.02. The van der Waals surface area contributed by atoms with Gasteiger partial charge in [0.05, 0.1) is 11.9 Å². The SMILES string of the molecule is COCCNCCc1c(C)nc(C2CCCCS2)nc1C. The topological polar surface area (TPSA) is 47.0 Å². The number of hydrogen-bond acceptors (Lipinski definition) is 5. The number of rotatable bonds is 7. The predicted molar refractivity (Wildman–Crippen MR) is 89.0 cm³/mol. The van der Waals surface area contributed by atoms with E-state index in [2.05, 4.69) is 19.2 Å². The van der Waals surface area contributed by atoms with Gasteiger partial charge in [-0.25, -0.2) is 9.97 Å². The van der Waals surface area contributed by atoms with Crippen LogP contribution >= 0.6 is 11.8 Å². The van der Waals surface area contributed by atoms with E-state index in [4.69, 9.17) is 14.7 Å². The van der Waals surface area contributed by atoms with Crippen molar-refractivity contribution in [1.29, 1.82) is 0 Å². The van der Waals surface area contributed by atoms with Crippen LogP contribution in [0.25, 0.3) is 0 Å². The highest BCUT2D eigenvalue weighted by Gasteiger charge is 2.20. The highest BCUT2D eigenvalue weighted by atomic mass is 32.2. The van der Waals surface area contributed by atoms with E-state index in [1.54, 1.807) is 7.11 Å². The molecule has 1 fully saturated rings. The Balaban J connectivity index is 1.96. The third-order valence-corrected chi connectivity index (χ3v) is 5.31. The van der Waals surface area contributed by atoms with Gasteiger partial charge in [0, 0.05) is 25.0 Å². The van der Waals surface area contributed by atoms with E-state index >= 15 is 0 Å². The molecule has 0 radical (unpaired) electrons. The van der Waals surface area contributed by atoms with Gasteiger partial charge in [-0.1, -0.05) is 6.42 Å². The van der Waals surface area contributed by atoms with Crippen molar-refractivity contribution in [3.8, 4) is 0 Å². The summed E-state index contributed by atoms with van der Waals surface area (Å²) in [6, 6.07) is 0. The molecule has 1 aliphatic rings. The molecule has 1 aliphatic heterocycles. The fourth-order valence-corrected chi connectivity index (χ4v) is 3.97. The molecule has 0 spiro atoms. The molecule has 1 N–H and O–H groups in total. The van der Waals surface area contributed by atoms with Gasteiger partial charge in [0.25, 0.3) is 0 Å². The molecule has 1 saturated heterocycles. The van der Waals surface area contributed by atoms with Crippen LogP contribution in [-0.2, 0) is 11.2 Å². The molecular formula is C16H27N3OS. The van der Waals surface area contributed by atoms with E-state index in [1.807, 2.05) is 11.8 Å². The van der Waals surface area contributed by atoms with Crippen molar-refractivity contribution in [1.82, 2.24) is 15.3 Å². The second-order valence-electron chi connectivity index (χ2n) is 5.58. The van der Waals surface area contributed by atoms with Gasteiger partial charge in [0.1, 0.15) is 5.82 Å². The van der Waals surface area contributed by atoms with Crippen LogP contribution in [0.5, 0.6) is 0 Å². The maximum Gasteiger partial charge on any atom is 0.141 e. The Morgan fingerprint density at radius 3 is 2.57 bits per heavy atom. The van der Waals surface area contributed by atoms with Crippen molar-refractivity contribution in [2.24, 2.45) is 0 Å². The quantitative estimate of drug-likeness (QED) is 0.785. The molecule has 1 aromatic heterocycles. The summed E-state index contributed by atoms with van der Waals surface area (Å²) in [5, 5.41) is 3.89. The lowest BCUT2D eigenvalue weighted by atomic mass is 10.1. The molecule has 0 aromatic carbocycles. The Bertz CT molecular complexity index is 424. The van der Waals surface area contributed by atoms with Crippen LogP contribution < -0.4 is 5.32 Å². The number of nitrogens with one attached hydrogen (secondary N) is 1. The molecule has 0 bridgehead atoms. The van der Waals surface area contributed by atoms with Crippen molar-refractivity contribution >= 4 is 11.8 Å². The molecule has 2 heterocycles. The highest BCUT2D eigenvalue weighted by Crippen LogP contribution is 2.36. The molecule has 0 amide bonds. The number of thioether (sulfide) groups is 1. The molecule has 4 nitrogen and oxygen atoms in total. The zero-order chi connectivity index (χ0) is 15.1. The van der Waals surface area contributed by atoms with Crippen molar-refractivity contribution in [3.63, 3.8) is 0 Å². The number of ether oxygens (including phenoxy) is 1. The van der Waals surface area contributed by atoms with E-state index in [1.165, 1.54) is 30.6 Å². The lowest BCUT2D eigenvalue weighted by Crippen LogP contribution is -2.22. The molecule has 1 atom stereocenters. The number of hydrogen-bond donors (Lipinski definition) is 1. The van der Waals surface area contributed by atoms with Gasteiger partial charge in [-0.15, -0.1) is 0 Å². The largest absolute Gasteiger partial charge is 0.383 e. The summed E-state index contributed by atoms with van der Waals surface area (Å²) in [5.41, 5.74) is 3.60. The first-order valence-corrected chi connectivity index (χ1v) is 8.92. The Kier molecular flexibility index (Phi) is 6.93. The van der Waals surface area contributed by atoms with Crippen LogP contribution in [0, 0.1) is 13.8 Å². The standard InChI is InChI=1S/C16H27N3OS/c1-12-14(7-8-17-9-10-20-3)13(2)19-16(18-12)15-6-4-5-11-21-15/h15,17H,4-11H2,1-3H3. The minimum Gasteiger partial charge on any atom is -0.383 e. The Hall–Kier alpha value is -0.650. The minimum absolute atomic E-state index is 0.505. The highest BCUT2D eigenvalue weighted by molar-refractivity contribution is 7.99. The van der Waals surface area contributed by atoms with Gasteiger partial charge >= 0.3 is 0 Å². The predicted octanol–water partition coefficient (Wildman–Crippen LogP) is 2.83. The van der Waals surface area contributed by atoms with Gasteiger partial charge in [-0.3, -0.25) is 0 Å². The Morgan fingerprint density at radius 2 is 1.95 bits per heavy atom. The number of aromatic nitrogens is 2. The van der Waals surface area contributed by atoms with Crippen LogP contribution in [-0.4, -0.2) is 42.5 Å². The third-order valence-electron chi connectivity index (χ3n) is 3.94. The normalized spacial score (nSPS) is 18.9. The number of aryl methyl sites for hydroxylation is 2. The maximum atomic E-state index is 5.03. The third kappa shape index (κ3) is 4.94. The van der Waals surface area contributed by atoms with Gasteiger partial charge in [-0.05, 0) is 51.0 Å². The van der Waals surface area contributed by atoms with Gasteiger partial charge in [0.15, 0.2) is 0 Å². The van der Waals surface area contributed by atoms with Crippen molar-refractivity contribution < 1.29 is 4.74 Å². The lowest BCUT2D eigenvalue weighted by molar-refractivity contribution is 0.199. The van der Waals surface area contributed by atoms with E-state index in [-0.39, 0.29) is 0 Å². The molecule has 5 heteroatoms. The summed E-state index contributed by atoms with van der Waals surface area (Å²) in [7, 11) is 1.73. The average Bonchev–Trinajstić information content (AvgIpc) is 2.50. The Morgan fingerprint density at radius 1 is 1.19 bits per heavy atom. The summed E-state index contributed by atoms with van der Waals surface area (Å²) in [5.74, 6) is 2.29. The van der Waals surface area contributed by atoms with Crippen LogP contribution in [0.1, 0.15) is 47.3 Å². The van der Waals surface area contributed by atoms with Crippen LogP contribution in [0.4, 0.5) is 0 Å². The molecular weight excluding hydrogens is 282 g/mol. The van der Waals surface area contributed by atoms with Crippen molar-refractivity contribution in [3.05, 3.63) is 22.8 Å². The molecule has 1 aromatic rings. The first-order valence-electron chi connectivity index (χ1n) is 7.87. The van der Waals surface area contributed by atoms with Crippen LogP contribution in [0.15, 0.2) is 0 Å². The second-order valence-corrected chi connectivity index (χ2v) is 6.89. The van der Waals surface area contributed by atoms with E-state index < -0.39 is 0 Å². The number of methoxy groups -OCH3 is 1. The summed E-state index contributed by atoms with van der Waals surface area (Å²) in [4.78, 5) is 9.58. The molecule has 21 heavy (non-hydrogen) atoms. The maximum absolute atomic E-state index is 5.03. The summed E-state index contributed by atoms with van der Waals surface area (Å²) in [6.45, 7) is 6.84. The van der Waals surface area contributed by atoms with E-state index in [0.29, 0.717) is 5.25 Å². The zero-order valence-electron chi connectivity index (χ0n) is 13.4. The van der Waals surface area contributed by atoms with Gasteiger partial charge in [-0.2, -0.15) is 11.8 Å². The smallest absolute Gasteiger partial charge is 0.141 e. The number of nitrogens with zero attached hydrogens (tertiary/aromatic N) is 2. The lowest BCUT2D eigenvalue weighted by Gasteiger charge is -2.21. The van der Waals surface area contributed by atoms with E-state index in [9.17, 15) is 0 Å². The second kappa shape index (κ2) is 8.71. The molecule has 1 unspecified atom stereocenters. The molecule has 2 rings (SSSR count). The fraction of sp³-hybridized carbons (Fsp3) is 0.750. The average molecular weight is 309 g/mol. The van der Waals surface area contributed by atoms with Crippen molar-refractivity contribution in [2.45, 2.75) is 44.8 Å². The fourth-order valence-electron chi connectivity index (χ4n) is 2.73. The Labute approximate surface area is 132 Å². The summed E-state index contributed by atoms with van der Waals surface area (Å²) < 4.78 is 5.03. The minimum atomic E-state index is 0.505. The first kappa shape index (κ1) is 16.7. The van der Waals surface area contributed by atoms with Gasteiger partial charge in [0.2, 0.25) is 0 Å². The molecule has 0 saturated carbocycles. The molecule has 118 valence electrons. The molecule has 0 aliphatic carbocycles. The van der Waals surface area contributed by atoms with Crippen molar-refractivity contribution in [2.75, 3.05) is 32.6 Å². The summed E-state index contributed by atoms with van der Waals surface area (Å²) in [6.07, 6.45) is 4.86. The van der Waals surface area contributed by atoms with E-state index in [0.717, 1.165) is 43.3 Å². The van der Waals surface area contributed by atoms with Crippen LogP contribution in [0.2, 0.25) is 0 Å². The zero-order valence-corrected chi connectivity index (χ0v) is 14.3. The van der Waals surface area contributed by atoms with Gasteiger partial charge < -0.3 is 10.1 Å².